The predicted molar refractivity (Wildman–Crippen MR) is 116 cm³/mol. The molecule has 1 aromatic rings. The number of pyridine rings is 1. The summed E-state index contributed by atoms with van der Waals surface area (Å²) in [6, 6.07) is 4.22. The maximum atomic E-state index is 13.5. The van der Waals surface area contributed by atoms with Gasteiger partial charge in [0.05, 0.1) is 24.2 Å². The van der Waals surface area contributed by atoms with Gasteiger partial charge >= 0.3 is 0 Å². The Morgan fingerprint density at radius 1 is 1.13 bits per heavy atom. The minimum atomic E-state index is -0.486. The Morgan fingerprint density at radius 2 is 1.94 bits per heavy atom. The Morgan fingerprint density at radius 3 is 2.65 bits per heavy atom. The van der Waals surface area contributed by atoms with Crippen LogP contribution in [0.25, 0.3) is 0 Å². The first-order valence-corrected chi connectivity index (χ1v) is 11.7. The van der Waals surface area contributed by atoms with Crippen LogP contribution in [0.3, 0.4) is 0 Å². The summed E-state index contributed by atoms with van der Waals surface area (Å²) >= 11 is 0. The van der Waals surface area contributed by atoms with Gasteiger partial charge in [0.2, 0.25) is 5.91 Å². The number of fused-ring (bicyclic) bond motifs is 1. The van der Waals surface area contributed by atoms with E-state index in [4.69, 9.17) is 10.5 Å². The second-order valence-electron chi connectivity index (χ2n) is 9.66. The fourth-order valence-corrected chi connectivity index (χ4v) is 5.72. The van der Waals surface area contributed by atoms with E-state index < -0.39 is 5.41 Å². The van der Waals surface area contributed by atoms with E-state index in [1.807, 2.05) is 4.90 Å². The van der Waals surface area contributed by atoms with Crippen molar-refractivity contribution >= 4 is 17.6 Å². The summed E-state index contributed by atoms with van der Waals surface area (Å²) in [5, 5.41) is 3.28. The van der Waals surface area contributed by atoms with Gasteiger partial charge in [0.15, 0.2) is 0 Å². The van der Waals surface area contributed by atoms with E-state index >= 15 is 0 Å². The number of ether oxygens (including phenoxy) is 1. The van der Waals surface area contributed by atoms with Crippen molar-refractivity contribution in [3.8, 4) is 0 Å². The molecule has 168 valence electrons. The van der Waals surface area contributed by atoms with Crippen LogP contribution in [0.4, 0.5) is 5.82 Å². The SMILES string of the molecule is Nc1ccc(C(=O)N2CC[C@@H]3C[C@@H](N4CCOCC4)CC[C@@]3(C(=O)NC3CC3)C2)cn1. The van der Waals surface area contributed by atoms with Gasteiger partial charge in [-0.1, -0.05) is 0 Å². The van der Waals surface area contributed by atoms with Gasteiger partial charge in [-0.3, -0.25) is 14.5 Å². The van der Waals surface area contributed by atoms with Gasteiger partial charge in [-0.15, -0.1) is 0 Å². The molecule has 2 amide bonds. The predicted octanol–water partition coefficient (Wildman–Crippen LogP) is 1.28. The van der Waals surface area contributed by atoms with Crippen LogP contribution >= 0.6 is 0 Å². The second kappa shape index (κ2) is 8.39. The largest absolute Gasteiger partial charge is 0.384 e. The molecule has 0 bridgehead atoms. The molecule has 2 saturated carbocycles. The molecule has 3 N–H and O–H groups in total. The summed E-state index contributed by atoms with van der Waals surface area (Å²) in [6.45, 7) is 4.73. The summed E-state index contributed by atoms with van der Waals surface area (Å²) in [5.74, 6) is 0.812. The van der Waals surface area contributed by atoms with Crippen molar-refractivity contribution in [2.45, 2.75) is 50.6 Å². The molecular weight excluding hydrogens is 394 g/mol. The van der Waals surface area contributed by atoms with Crippen LogP contribution in [0.5, 0.6) is 0 Å². The fraction of sp³-hybridized carbons (Fsp3) is 0.696. The molecule has 0 radical (unpaired) electrons. The third-order valence-electron chi connectivity index (χ3n) is 7.73. The van der Waals surface area contributed by atoms with Gasteiger partial charge < -0.3 is 20.7 Å². The van der Waals surface area contributed by atoms with Crippen LogP contribution in [0, 0.1) is 11.3 Å². The van der Waals surface area contributed by atoms with E-state index in [2.05, 4.69) is 15.2 Å². The molecule has 31 heavy (non-hydrogen) atoms. The molecule has 0 aromatic carbocycles. The van der Waals surface area contributed by atoms with E-state index in [9.17, 15) is 9.59 Å². The van der Waals surface area contributed by atoms with Crippen molar-refractivity contribution in [1.29, 1.82) is 0 Å². The Bertz CT molecular complexity index is 821. The third kappa shape index (κ3) is 4.15. The van der Waals surface area contributed by atoms with Crippen LogP contribution in [0.1, 0.15) is 48.9 Å². The second-order valence-corrected chi connectivity index (χ2v) is 9.66. The topological polar surface area (TPSA) is 101 Å². The van der Waals surface area contributed by atoms with Crippen LogP contribution in [0.2, 0.25) is 0 Å². The number of anilines is 1. The first-order chi connectivity index (χ1) is 15.0. The summed E-state index contributed by atoms with van der Waals surface area (Å²) in [6.07, 6.45) is 7.42. The summed E-state index contributed by atoms with van der Waals surface area (Å²) in [7, 11) is 0. The van der Waals surface area contributed by atoms with Crippen molar-refractivity contribution in [3.63, 3.8) is 0 Å². The zero-order chi connectivity index (χ0) is 21.4. The molecule has 2 aliphatic heterocycles. The number of hydrogen-bond donors (Lipinski definition) is 2. The Kier molecular flexibility index (Phi) is 5.60. The molecular formula is C23H33N5O3. The number of rotatable bonds is 4. The lowest BCUT2D eigenvalue weighted by Gasteiger charge is -2.53. The van der Waals surface area contributed by atoms with Gasteiger partial charge in [-0.2, -0.15) is 0 Å². The van der Waals surface area contributed by atoms with E-state index in [0.717, 1.165) is 64.8 Å². The first kappa shape index (κ1) is 20.7. The molecule has 2 saturated heterocycles. The van der Waals surface area contributed by atoms with E-state index in [-0.39, 0.29) is 11.8 Å². The highest BCUT2D eigenvalue weighted by molar-refractivity contribution is 5.95. The maximum absolute atomic E-state index is 13.5. The van der Waals surface area contributed by atoms with Gasteiger partial charge in [0.1, 0.15) is 5.82 Å². The zero-order valence-corrected chi connectivity index (χ0v) is 18.1. The number of nitrogens with two attached hydrogens (primary N) is 1. The number of morpholine rings is 1. The molecule has 0 spiro atoms. The van der Waals surface area contributed by atoms with Crippen molar-refractivity contribution in [3.05, 3.63) is 23.9 Å². The molecule has 3 heterocycles. The number of nitrogen functional groups attached to an aromatic ring is 1. The molecule has 5 rings (SSSR count). The van der Waals surface area contributed by atoms with Crippen molar-refractivity contribution in [2.75, 3.05) is 45.1 Å². The minimum Gasteiger partial charge on any atom is -0.384 e. The zero-order valence-electron chi connectivity index (χ0n) is 18.1. The summed E-state index contributed by atoms with van der Waals surface area (Å²) in [4.78, 5) is 35.2. The van der Waals surface area contributed by atoms with Crippen molar-refractivity contribution in [2.24, 2.45) is 11.3 Å². The number of likely N-dealkylation sites (tertiary alicyclic amines) is 1. The smallest absolute Gasteiger partial charge is 0.255 e. The minimum absolute atomic E-state index is 0.0557. The van der Waals surface area contributed by atoms with E-state index in [0.29, 0.717) is 42.5 Å². The Balaban J connectivity index is 1.35. The Hall–Kier alpha value is -2.19. The standard InChI is InChI=1S/C23H33N5O3/c24-20-4-1-16(14-25-20)21(29)28-8-6-17-13-19(27-9-11-31-12-10-27)5-7-23(17,15-28)22(30)26-18-2-3-18/h1,4,14,17-19H,2-3,5-13,15H2,(H2,24,25)(H,26,30)/t17-,19+,23-/m1/s1. The molecule has 4 aliphatic rings. The average molecular weight is 428 g/mol. The third-order valence-corrected chi connectivity index (χ3v) is 7.73. The highest BCUT2D eigenvalue weighted by atomic mass is 16.5. The number of amides is 2. The molecule has 8 heteroatoms. The van der Waals surface area contributed by atoms with Gasteiger partial charge in [0, 0.05) is 44.5 Å². The highest BCUT2D eigenvalue weighted by Crippen LogP contribution is 2.48. The monoisotopic (exact) mass is 427 g/mol. The first-order valence-electron chi connectivity index (χ1n) is 11.7. The summed E-state index contributed by atoms with van der Waals surface area (Å²) < 4.78 is 5.53. The number of carbonyl (C=O) groups excluding carboxylic acids is 2. The highest BCUT2D eigenvalue weighted by Gasteiger charge is 2.54. The molecule has 2 aliphatic carbocycles. The molecule has 8 nitrogen and oxygen atoms in total. The number of piperidine rings is 1. The van der Waals surface area contributed by atoms with Crippen LogP contribution in [0.15, 0.2) is 18.3 Å². The van der Waals surface area contributed by atoms with Gasteiger partial charge in [-0.05, 0) is 56.6 Å². The van der Waals surface area contributed by atoms with Gasteiger partial charge in [-0.25, -0.2) is 4.98 Å². The maximum Gasteiger partial charge on any atom is 0.255 e. The molecule has 1 aromatic heterocycles. The molecule has 3 atom stereocenters. The number of nitrogens with zero attached hydrogens (tertiary/aromatic N) is 3. The lowest BCUT2D eigenvalue weighted by molar-refractivity contribution is -0.143. The quantitative estimate of drug-likeness (QED) is 0.751. The lowest BCUT2D eigenvalue weighted by Crippen LogP contribution is -2.61. The van der Waals surface area contributed by atoms with Crippen LogP contribution in [-0.2, 0) is 9.53 Å². The van der Waals surface area contributed by atoms with E-state index in [1.54, 1.807) is 12.1 Å². The average Bonchev–Trinajstić information content (AvgIpc) is 3.63. The van der Waals surface area contributed by atoms with Crippen LogP contribution in [-0.4, -0.2) is 78.1 Å². The fourth-order valence-electron chi connectivity index (χ4n) is 5.72. The van der Waals surface area contributed by atoms with Gasteiger partial charge in [0.25, 0.3) is 5.91 Å². The number of aromatic nitrogens is 1. The Labute approximate surface area is 183 Å². The summed E-state index contributed by atoms with van der Waals surface area (Å²) in [5.41, 5.74) is 5.73. The van der Waals surface area contributed by atoms with Crippen molar-refractivity contribution < 1.29 is 14.3 Å². The lowest BCUT2D eigenvalue weighted by atomic mass is 9.60. The van der Waals surface area contributed by atoms with Crippen molar-refractivity contribution in [1.82, 2.24) is 20.1 Å². The number of carbonyl (C=O) groups is 2. The molecule has 4 fully saturated rings. The van der Waals surface area contributed by atoms with Crippen LogP contribution < -0.4 is 11.1 Å². The molecule has 0 unspecified atom stereocenters. The number of nitrogens with one attached hydrogen (secondary N) is 1. The number of hydrogen-bond acceptors (Lipinski definition) is 6. The normalized spacial score (nSPS) is 31.7. The van der Waals surface area contributed by atoms with E-state index in [1.165, 1.54) is 6.20 Å².